The molecule has 0 radical (unpaired) electrons. The topological polar surface area (TPSA) is 26.3 Å². The third-order valence-corrected chi connectivity index (χ3v) is 4.19. The smallest absolute Gasteiger partial charge is 0.106 e. The van der Waals surface area contributed by atoms with Gasteiger partial charge in [-0.15, -0.1) is 0 Å². The molecule has 0 aromatic carbocycles. The number of rotatable bonds is 11. The Balaban J connectivity index is 0.000000446. The summed E-state index contributed by atoms with van der Waals surface area (Å²) < 4.78 is 10.0. The monoisotopic (exact) mass is 318 g/mol. The molecule has 130 valence electrons. The van der Waals surface area contributed by atoms with Gasteiger partial charge in [-0.05, 0) is 30.7 Å². The van der Waals surface area contributed by atoms with Crippen LogP contribution in [-0.4, -0.2) is 0 Å². The normalized spacial score (nSPS) is 11.7. The minimum atomic E-state index is 0.588. The maximum absolute atomic E-state index is 5.43. The van der Waals surface area contributed by atoms with Crippen molar-refractivity contribution in [1.29, 1.82) is 0 Å². The fraction of sp³-hybridized carbons (Fsp3) is 0.619. The molecule has 2 aromatic heterocycles. The predicted molar refractivity (Wildman–Crippen MR) is 97.7 cm³/mol. The molecule has 2 heteroatoms. The quantitative estimate of drug-likeness (QED) is 0.399. The summed E-state index contributed by atoms with van der Waals surface area (Å²) in [5.41, 5.74) is 0. The van der Waals surface area contributed by atoms with Crippen LogP contribution in [-0.2, 0) is 0 Å². The number of hydrogen-bond donors (Lipinski definition) is 0. The van der Waals surface area contributed by atoms with Crippen molar-refractivity contribution in [2.24, 2.45) is 0 Å². The lowest BCUT2D eigenvalue weighted by atomic mass is 9.99. The SMILES string of the molecule is CCCCCCCCCCCC(C)c1ccco1.c1ccoc1. The Morgan fingerprint density at radius 3 is 1.87 bits per heavy atom. The molecule has 0 aliphatic rings. The first-order valence-corrected chi connectivity index (χ1v) is 9.35. The first kappa shape index (κ1) is 19.6. The van der Waals surface area contributed by atoms with Gasteiger partial charge in [0.1, 0.15) is 5.76 Å². The molecular weight excluding hydrogens is 284 g/mol. The zero-order chi connectivity index (χ0) is 16.6. The Morgan fingerprint density at radius 2 is 1.39 bits per heavy atom. The molecule has 2 nitrogen and oxygen atoms in total. The van der Waals surface area contributed by atoms with E-state index in [9.17, 15) is 0 Å². The van der Waals surface area contributed by atoms with Crippen molar-refractivity contribution < 1.29 is 8.83 Å². The summed E-state index contributed by atoms with van der Waals surface area (Å²) in [5, 5.41) is 0. The standard InChI is InChI=1S/C17H30O.C4H4O/c1-3-4-5-6-7-8-9-10-11-13-16(2)17-14-12-15-18-17;1-2-4-5-3-1/h12,14-16H,3-11,13H2,1-2H3;1-4H. The minimum absolute atomic E-state index is 0.588. The number of furan rings is 2. The van der Waals surface area contributed by atoms with Gasteiger partial charge in [0.25, 0.3) is 0 Å². The average Bonchev–Trinajstić information content (AvgIpc) is 3.28. The summed E-state index contributed by atoms with van der Waals surface area (Å²) in [7, 11) is 0. The van der Waals surface area contributed by atoms with Gasteiger partial charge < -0.3 is 8.83 Å². The van der Waals surface area contributed by atoms with Gasteiger partial charge in [-0.2, -0.15) is 0 Å². The molecule has 0 spiro atoms. The fourth-order valence-corrected chi connectivity index (χ4v) is 2.70. The molecule has 0 fully saturated rings. The van der Waals surface area contributed by atoms with E-state index < -0.39 is 0 Å². The molecule has 0 aliphatic carbocycles. The first-order valence-electron chi connectivity index (χ1n) is 9.35. The second-order valence-corrected chi connectivity index (χ2v) is 6.33. The third kappa shape index (κ3) is 10.8. The van der Waals surface area contributed by atoms with Crippen LogP contribution in [0.5, 0.6) is 0 Å². The second-order valence-electron chi connectivity index (χ2n) is 6.33. The van der Waals surface area contributed by atoms with E-state index in [0.29, 0.717) is 5.92 Å². The first-order chi connectivity index (χ1) is 11.3. The van der Waals surface area contributed by atoms with Gasteiger partial charge in [-0.1, -0.05) is 71.6 Å². The molecule has 0 saturated heterocycles. The highest BCUT2D eigenvalue weighted by Crippen LogP contribution is 2.22. The van der Waals surface area contributed by atoms with Crippen LogP contribution in [0.4, 0.5) is 0 Å². The van der Waals surface area contributed by atoms with E-state index in [2.05, 4.69) is 24.3 Å². The van der Waals surface area contributed by atoms with Crippen LogP contribution >= 0.6 is 0 Å². The van der Waals surface area contributed by atoms with E-state index in [1.165, 1.54) is 64.2 Å². The Bertz CT molecular complexity index is 399. The lowest BCUT2D eigenvalue weighted by Gasteiger charge is -2.07. The summed E-state index contributed by atoms with van der Waals surface area (Å²) in [4.78, 5) is 0. The Morgan fingerprint density at radius 1 is 0.783 bits per heavy atom. The lowest BCUT2D eigenvalue weighted by molar-refractivity contribution is 0.447. The summed E-state index contributed by atoms with van der Waals surface area (Å²) in [6.07, 6.45) is 19.0. The molecule has 2 heterocycles. The van der Waals surface area contributed by atoms with Crippen LogP contribution in [0.1, 0.15) is 89.7 Å². The summed E-state index contributed by atoms with van der Waals surface area (Å²) in [6, 6.07) is 7.75. The van der Waals surface area contributed by atoms with Crippen LogP contribution in [0.15, 0.2) is 51.9 Å². The van der Waals surface area contributed by atoms with Crippen molar-refractivity contribution >= 4 is 0 Å². The molecule has 0 bridgehead atoms. The summed E-state index contributed by atoms with van der Waals surface area (Å²) in [6.45, 7) is 4.55. The Kier molecular flexibility index (Phi) is 12.1. The van der Waals surface area contributed by atoms with Crippen molar-refractivity contribution in [3.63, 3.8) is 0 Å². The van der Waals surface area contributed by atoms with Crippen LogP contribution in [0, 0.1) is 0 Å². The van der Waals surface area contributed by atoms with Crippen LogP contribution in [0.3, 0.4) is 0 Å². The van der Waals surface area contributed by atoms with Crippen molar-refractivity contribution in [1.82, 2.24) is 0 Å². The van der Waals surface area contributed by atoms with Crippen LogP contribution < -0.4 is 0 Å². The molecule has 2 rings (SSSR count). The van der Waals surface area contributed by atoms with Gasteiger partial charge in [-0.3, -0.25) is 0 Å². The zero-order valence-corrected chi connectivity index (χ0v) is 15.0. The van der Waals surface area contributed by atoms with Crippen molar-refractivity contribution in [3.8, 4) is 0 Å². The van der Waals surface area contributed by atoms with Crippen molar-refractivity contribution in [3.05, 3.63) is 48.8 Å². The number of unbranched alkanes of at least 4 members (excludes halogenated alkanes) is 8. The molecule has 1 unspecified atom stereocenters. The molecule has 23 heavy (non-hydrogen) atoms. The van der Waals surface area contributed by atoms with Gasteiger partial charge in [-0.25, -0.2) is 0 Å². The van der Waals surface area contributed by atoms with E-state index in [1.807, 2.05) is 18.2 Å². The third-order valence-electron chi connectivity index (χ3n) is 4.19. The Hall–Kier alpha value is -1.44. The molecule has 0 amide bonds. The molecule has 0 saturated carbocycles. The highest BCUT2D eigenvalue weighted by Gasteiger charge is 2.07. The molecule has 0 N–H and O–H groups in total. The van der Waals surface area contributed by atoms with Crippen molar-refractivity contribution in [2.45, 2.75) is 84.0 Å². The van der Waals surface area contributed by atoms with Gasteiger partial charge in [0.05, 0.1) is 18.8 Å². The maximum Gasteiger partial charge on any atom is 0.106 e. The van der Waals surface area contributed by atoms with Gasteiger partial charge in [0, 0.05) is 5.92 Å². The summed E-state index contributed by atoms with van der Waals surface area (Å²) in [5.74, 6) is 1.74. The zero-order valence-electron chi connectivity index (χ0n) is 15.0. The average molecular weight is 319 g/mol. The predicted octanol–water partition coefficient (Wildman–Crippen LogP) is 7.58. The van der Waals surface area contributed by atoms with E-state index in [4.69, 9.17) is 4.42 Å². The second kappa shape index (κ2) is 14.2. The van der Waals surface area contributed by atoms with E-state index in [-0.39, 0.29) is 0 Å². The maximum atomic E-state index is 5.43. The highest BCUT2D eigenvalue weighted by atomic mass is 16.3. The van der Waals surface area contributed by atoms with E-state index in [0.717, 1.165) is 5.76 Å². The van der Waals surface area contributed by atoms with Crippen molar-refractivity contribution in [2.75, 3.05) is 0 Å². The van der Waals surface area contributed by atoms with Crippen LogP contribution in [0.2, 0.25) is 0 Å². The molecule has 2 aromatic rings. The molecule has 0 aliphatic heterocycles. The highest BCUT2D eigenvalue weighted by molar-refractivity contribution is 5.03. The molecular formula is C21H34O2. The van der Waals surface area contributed by atoms with E-state index in [1.54, 1.807) is 18.8 Å². The van der Waals surface area contributed by atoms with E-state index >= 15 is 0 Å². The fourth-order valence-electron chi connectivity index (χ4n) is 2.70. The van der Waals surface area contributed by atoms with Gasteiger partial charge in [0.15, 0.2) is 0 Å². The molecule has 1 atom stereocenters. The Labute approximate surface area is 142 Å². The largest absolute Gasteiger partial charge is 0.473 e. The minimum Gasteiger partial charge on any atom is -0.473 e. The van der Waals surface area contributed by atoms with Gasteiger partial charge in [0.2, 0.25) is 0 Å². The summed E-state index contributed by atoms with van der Waals surface area (Å²) >= 11 is 0. The lowest BCUT2D eigenvalue weighted by Crippen LogP contribution is -1.91. The van der Waals surface area contributed by atoms with Gasteiger partial charge >= 0.3 is 0 Å². The number of hydrogen-bond acceptors (Lipinski definition) is 2. The van der Waals surface area contributed by atoms with Crippen LogP contribution in [0.25, 0.3) is 0 Å².